The van der Waals surface area contributed by atoms with E-state index in [-0.39, 0.29) is 0 Å². The molecule has 4 aliphatic rings. The Morgan fingerprint density at radius 3 is 2.25 bits per heavy atom. The predicted octanol–water partition coefficient (Wildman–Crippen LogP) is 3.63. The summed E-state index contributed by atoms with van der Waals surface area (Å²) in [7, 11) is 0. The first kappa shape index (κ1) is 12.8. The van der Waals surface area contributed by atoms with Gasteiger partial charge in [0.25, 0.3) is 0 Å². The van der Waals surface area contributed by atoms with Gasteiger partial charge in [-0.15, -0.1) is 0 Å². The van der Waals surface area contributed by atoms with E-state index < -0.39 is 0 Å². The molecule has 4 aliphatic carbocycles. The van der Waals surface area contributed by atoms with Gasteiger partial charge in [-0.05, 0) is 86.3 Å². The third-order valence-corrected chi connectivity index (χ3v) is 6.25. The molecule has 2 nitrogen and oxygen atoms in total. The van der Waals surface area contributed by atoms with E-state index >= 15 is 0 Å². The van der Waals surface area contributed by atoms with E-state index in [4.69, 9.17) is 0 Å². The zero-order chi connectivity index (χ0) is 13.5. The summed E-state index contributed by atoms with van der Waals surface area (Å²) in [5.74, 6) is 5.14. The molecule has 0 spiro atoms. The predicted molar refractivity (Wildman–Crippen MR) is 81.1 cm³/mol. The van der Waals surface area contributed by atoms with Gasteiger partial charge in [-0.2, -0.15) is 0 Å². The highest BCUT2D eigenvalue weighted by atomic mass is 14.9. The highest BCUT2D eigenvalue weighted by Gasteiger charge is 2.49. The van der Waals surface area contributed by atoms with Gasteiger partial charge in [0.05, 0.1) is 0 Å². The second kappa shape index (κ2) is 5.14. The first-order valence-electron chi connectivity index (χ1n) is 8.42. The lowest BCUT2D eigenvalue weighted by Gasteiger charge is -2.56. The van der Waals surface area contributed by atoms with Crippen molar-refractivity contribution in [2.45, 2.75) is 51.6 Å². The van der Waals surface area contributed by atoms with Crippen molar-refractivity contribution in [2.75, 3.05) is 0 Å². The number of aromatic nitrogens is 1. The van der Waals surface area contributed by atoms with E-state index in [1.165, 1.54) is 31.2 Å². The van der Waals surface area contributed by atoms with Crippen LogP contribution in [0, 0.1) is 29.6 Å². The Morgan fingerprint density at radius 1 is 1.05 bits per heavy atom. The van der Waals surface area contributed by atoms with Crippen LogP contribution in [-0.2, 0) is 6.54 Å². The minimum absolute atomic E-state index is 0.665. The largest absolute Gasteiger partial charge is 0.310 e. The molecule has 1 atom stereocenters. The molecule has 1 heterocycles. The fourth-order valence-corrected chi connectivity index (χ4v) is 5.70. The van der Waals surface area contributed by atoms with Gasteiger partial charge >= 0.3 is 0 Å². The van der Waals surface area contributed by atoms with Crippen LogP contribution < -0.4 is 5.32 Å². The molecule has 2 heteroatoms. The summed E-state index contributed by atoms with van der Waals surface area (Å²) in [6.45, 7) is 3.42. The minimum Gasteiger partial charge on any atom is -0.310 e. The SMILES string of the molecule is CC(NCc1ccncc1)C1C2CC3CC(C2)CC1C3. The van der Waals surface area contributed by atoms with Crippen LogP contribution in [-0.4, -0.2) is 11.0 Å². The maximum Gasteiger partial charge on any atom is 0.0271 e. The lowest BCUT2D eigenvalue weighted by molar-refractivity contribution is -0.0494. The van der Waals surface area contributed by atoms with Crippen molar-refractivity contribution in [3.63, 3.8) is 0 Å². The zero-order valence-electron chi connectivity index (χ0n) is 12.5. The van der Waals surface area contributed by atoms with Crippen molar-refractivity contribution < 1.29 is 0 Å². The molecule has 1 aromatic heterocycles. The van der Waals surface area contributed by atoms with Crippen LogP contribution in [0.15, 0.2) is 24.5 Å². The lowest BCUT2D eigenvalue weighted by Crippen LogP contribution is -2.51. The molecule has 1 N–H and O–H groups in total. The first-order chi connectivity index (χ1) is 9.79. The van der Waals surface area contributed by atoms with Crippen LogP contribution >= 0.6 is 0 Å². The monoisotopic (exact) mass is 270 g/mol. The smallest absolute Gasteiger partial charge is 0.0271 e. The normalized spacial score (nSPS) is 40.0. The second-order valence-corrected chi connectivity index (χ2v) is 7.53. The number of hydrogen-bond donors (Lipinski definition) is 1. The quantitative estimate of drug-likeness (QED) is 0.903. The van der Waals surface area contributed by atoms with Gasteiger partial charge in [0.15, 0.2) is 0 Å². The van der Waals surface area contributed by atoms with Crippen LogP contribution in [0.4, 0.5) is 0 Å². The molecule has 108 valence electrons. The summed E-state index contributed by atoms with van der Waals surface area (Å²) >= 11 is 0. The van der Waals surface area contributed by atoms with Crippen LogP contribution in [0.2, 0.25) is 0 Å². The molecule has 5 rings (SSSR count). The fourth-order valence-electron chi connectivity index (χ4n) is 5.70. The van der Waals surface area contributed by atoms with Gasteiger partial charge in [0, 0.05) is 25.0 Å². The molecule has 4 bridgehead atoms. The fraction of sp³-hybridized carbons (Fsp3) is 0.722. The average Bonchev–Trinajstić information content (AvgIpc) is 2.45. The maximum absolute atomic E-state index is 4.09. The third kappa shape index (κ3) is 2.28. The number of pyridine rings is 1. The molecule has 20 heavy (non-hydrogen) atoms. The molecular weight excluding hydrogens is 244 g/mol. The van der Waals surface area contributed by atoms with E-state index in [0.29, 0.717) is 6.04 Å². The van der Waals surface area contributed by atoms with Gasteiger partial charge in [0.1, 0.15) is 0 Å². The Balaban J connectivity index is 1.40. The van der Waals surface area contributed by atoms with Crippen molar-refractivity contribution in [3.05, 3.63) is 30.1 Å². The number of nitrogens with one attached hydrogen (secondary N) is 1. The molecule has 1 unspecified atom stereocenters. The van der Waals surface area contributed by atoms with E-state index in [1.54, 1.807) is 6.42 Å². The lowest BCUT2D eigenvalue weighted by atomic mass is 9.50. The molecule has 0 amide bonds. The van der Waals surface area contributed by atoms with Crippen LogP contribution in [0.1, 0.15) is 44.6 Å². The molecule has 4 fully saturated rings. The van der Waals surface area contributed by atoms with Crippen LogP contribution in [0.25, 0.3) is 0 Å². The number of rotatable bonds is 4. The summed E-state index contributed by atoms with van der Waals surface area (Å²) in [5.41, 5.74) is 1.36. The van der Waals surface area contributed by atoms with Crippen LogP contribution in [0.3, 0.4) is 0 Å². The topological polar surface area (TPSA) is 24.9 Å². The Morgan fingerprint density at radius 2 is 1.65 bits per heavy atom. The molecule has 1 aromatic rings. The van der Waals surface area contributed by atoms with Gasteiger partial charge in [-0.25, -0.2) is 0 Å². The molecule has 0 aromatic carbocycles. The Hall–Kier alpha value is -0.890. The van der Waals surface area contributed by atoms with Gasteiger partial charge < -0.3 is 5.32 Å². The maximum atomic E-state index is 4.09. The molecule has 4 saturated carbocycles. The molecular formula is C18H26N2. The summed E-state index contributed by atoms with van der Waals surface area (Å²) in [4.78, 5) is 4.09. The molecule has 0 saturated heterocycles. The zero-order valence-corrected chi connectivity index (χ0v) is 12.5. The van der Waals surface area contributed by atoms with E-state index in [9.17, 15) is 0 Å². The Kier molecular flexibility index (Phi) is 3.30. The van der Waals surface area contributed by atoms with Crippen molar-refractivity contribution in [1.82, 2.24) is 10.3 Å². The van der Waals surface area contributed by atoms with Crippen molar-refractivity contribution in [2.24, 2.45) is 29.6 Å². The average molecular weight is 270 g/mol. The number of hydrogen-bond acceptors (Lipinski definition) is 2. The van der Waals surface area contributed by atoms with Crippen molar-refractivity contribution >= 4 is 0 Å². The second-order valence-electron chi connectivity index (χ2n) is 7.53. The van der Waals surface area contributed by atoms with E-state index in [2.05, 4.69) is 29.4 Å². The molecule has 0 radical (unpaired) electrons. The van der Waals surface area contributed by atoms with E-state index in [0.717, 1.165) is 36.1 Å². The molecule has 0 aliphatic heterocycles. The Bertz CT molecular complexity index is 428. The third-order valence-electron chi connectivity index (χ3n) is 6.25. The summed E-state index contributed by atoms with van der Waals surface area (Å²) < 4.78 is 0. The number of nitrogens with zero attached hydrogens (tertiary/aromatic N) is 1. The highest BCUT2D eigenvalue weighted by molar-refractivity contribution is 5.09. The minimum atomic E-state index is 0.665. The van der Waals surface area contributed by atoms with E-state index in [1.807, 2.05) is 12.4 Å². The summed E-state index contributed by atoms with van der Waals surface area (Å²) in [5, 5.41) is 3.80. The van der Waals surface area contributed by atoms with Crippen molar-refractivity contribution in [1.29, 1.82) is 0 Å². The van der Waals surface area contributed by atoms with Crippen molar-refractivity contribution in [3.8, 4) is 0 Å². The van der Waals surface area contributed by atoms with Gasteiger partial charge in [0.2, 0.25) is 0 Å². The van der Waals surface area contributed by atoms with Gasteiger partial charge in [-0.3, -0.25) is 4.98 Å². The first-order valence-corrected chi connectivity index (χ1v) is 8.42. The van der Waals surface area contributed by atoms with Gasteiger partial charge in [-0.1, -0.05) is 0 Å². The Labute approximate surface area is 122 Å². The summed E-state index contributed by atoms with van der Waals surface area (Å²) in [6.07, 6.45) is 11.4. The standard InChI is InChI=1S/C18H26N2/c1-12(20-11-13-2-4-19-5-3-13)18-16-7-14-6-15(9-16)10-17(18)8-14/h2-5,12,14-18,20H,6-11H2,1H3. The highest BCUT2D eigenvalue weighted by Crippen LogP contribution is 2.57. The summed E-state index contributed by atoms with van der Waals surface area (Å²) in [6, 6.07) is 4.91. The van der Waals surface area contributed by atoms with Crippen LogP contribution in [0.5, 0.6) is 0 Å².